The predicted molar refractivity (Wildman–Crippen MR) is 67.8 cm³/mol. The molecule has 0 fully saturated rings. The smallest absolute Gasteiger partial charge is 0.0208 e. The van der Waals surface area contributed by atoms with Gasteiger partial charge in [-0.25, -0.2) is 0 Å². The van der Waals surface area contributed by atoms with Crippen LogP contribution in [-0.2, 0) is 6.54 Å². The van der Waals surface area contributed by atoms with Crippen molar-refractivity contribution in [3.8, 4) is 0 Å². The summed E-state index contributed by atoms with van der Waals surface area (Å²) in [6.45, 7) is 0.970. The Morgan fingerprint density at radius 2 is 2.27 bits per heavy atom. The lowest BCUT2D eigenvalue weighted by atomic mass is 10.0. The monoisotopic (exact) mass is 265 g/mol. The summed E-state index contributed by atoms with van der Waals surface area (Å²) >= 11 is 3.49. The molecule has 15 heavy (non-hydrogen) atoms. The summed E-state index contributed by atoms with van der Waals surface area (Å²) in [4.78, 5) is 0. The van der Waals surface area contributed by atoms with Gasteiger partial charge in [0, 0.05) is 17.1 Å². The first kappa shape index (κ1) is 10.9. The van der Waals surface area contributed by atoms with E-state index in [9.17, 15) is 0 Å². The first-order valence-electron chi connectivity index (χ1n) is 5.47. The summed E-state index contributed by atoms with van der Waals surface area (Å²) in [6.07, 6.45) is 8.22. The van der Waals surface area contributed by atoms with Gasteiger partial charge in [0.15, 0.2) is 0 Å². The van der Waals surface area contributed by atoms with E-state index in [2.05, 4.69) is 57.7 Å². The molecular weight excluding hydrogens is 250 g/mol. The van der Waals surface area contributed by atoms with Crippen LogP contribution in [0.2, 0.25) is 0 Å². The van der Waals surface area contributed by atoms with Gasteiger partial charge in [-0.3, -0.25) is 0 Å². The molecule has 0 amide bonds. The average molecular weight is 266 g/mol. The van der Waals surface area contributed by atoms with Crippen LogP contribution in [-0.4, -0.2) is 6.04 Å². The molecule has 1 aromatic rings. The highest BCUT2D eigenvalue weighted by Crippen LogP contribution is 2.14. The summed E-state index contributed by atoms with van der Waals surface area (Å²) in [5.74, 6) is 0. The number of allylic oxidation sites excluding steroid dienone is 1. The average Bonchev–Trinajstić information content (AvgIpc) is 2.28. The zero-order valence-corrected chi connectivity index (χ0v) is 10.3. The Morgan fingerprint density at radius 3 is 3.00 bits per heavy atom. The normalized spacial score (nSPS) is 20.5. The predicted octanol–water partition coefficient (Wildman–Crippen LogP) is 3.65. The van der Waals surface area contributed by atoms with E-state index in [1.807, 2.05) is 0 Å². The summed E-state index contributed by atoms with van der Waals surface area (Å²) in [7, 11) is 0. The van der Waals surface area contributed by atoms with Crippen LogP contribution in [0.3, 0.4) is 0 Å². The quantitative estimate of drug-likeness (QED) is 0.823. The molecule has 0 heterocycles. The van der Waals surface area contributed by atoms with Crippen molar-refractivity contribution < 1.29 is 0 Å². The molecule has 0 spiro atoms. The molecule has 1 N–H and O–H groups in total. The molecule has 2 heteroatoms. The van der Waals surface area contributed by atoms with Gasteiger partial charge in [0.25, 0.3) is 0 Å². The van der Waals surface area contributed by atoms with Crippen LogP contribution in [0.5, 0.6) is 0 Å². The molecule has 1 nitrogen and oxygen atoms in total. The lowest BCUT2D eigenvalue weighted by molar-refractivity contribution is 0.474. The van der Waals surface area contributed by atoms with Gasteiger partial charge >= 0.3 is 0 Å². The second kappa shape index (κ2) is 5.47. The van der Waals surface area contributed by atoms with Gasteiger partial charge in [-0.05, 0) is 37.0 Å². The fourth-order valence-corrected chi connectivity index (χ4v) is 2.33. The van der Waals surface area contributed by atoms with E-state index < -0.39 is 0 Å². The van der Waals surface area contributed by atoms with E-state index >= 15 is 0 Å². The van der Waals surface area contributed by atoms with Gasteiger partial charge in [0.1, 0.15) is 0 Å². The fraction of sp³-hybridized carbons (Fsp3) is 0.385. The van der Waals surface area contributed by atoms with Gasteiger partial charge in [0.05, 0.1) is 0 Å². The maximum atomic E-state index is 3.59. The third-order valence-corrected chi connectivity index (χ3v) is 3.25. The van der Waals surface area contributed by atoms with Gasteiger partial charge in [-0.1, -0.05) is 40.2 Å². The van der Waals surface area contributed by atoms with E-state index in [-0.39, 0.29) is 0 Å². The van der Waals surface area contributed by atoms with E-state index in [1.54, 1.807) is 0 Å². The van der Waals surface area contributed by atoms with Crippen molar-refractivity contribution in [2.45, 2.75) is 31.8 Å². The Balaban J connectivity index is 1.84. The van der Waals surface area contributed by atoms with Crippen LogP contribution < -0.4 is 5.32 Å². The molecule has 1 aromatic carbocycles. The summed E-state index contributed by atoms with van der Waals surface area (Å²) < 4.78 is 1.16. The number of hydrogen-bond donors (Lipinski definition) is 1. The molecule has 0 radical (unpaired) electrons. The van der Waals surface area contributed by atoms with E-state index in [0.717, 1.165) is 11.0 Å². The SMILES string of the molecule is Brc1cccc(CNC2CC=CCC2)c1. The van der Waals surface area contributed by atoms with Crippen molar-refractivity contribution in [3.05, 3.63) is 46.5 Å². The Hall–Kier alpha value is -0.600. The van der Waals surface area contributed by atoms with Crippen molar-refractivity contribution in [2.75, 3.05) is 0 Å². The van der Waals surface area contributed by atoms with E-state index in [1.165, 1.54) is 24.8 Å². The maximum Gasteiger partial charge on any atom is 0.0208 e. The minimum absolute atomic E-state index is 0.661. The second-order valence-electron chi connectivity index (χ2n) is 3.99. The molecule has 1 aliphatic rings. The number of hydrogen-bond acceptors (Lipinski definition) is 1. The van der Waals surface area contributed by atoms with Crippen LogP contribution in [0.1, 0.15) is 24.8 Å². The highest BCUT2D eigenvalue weighted by atomic mass is 79.9. The van der Waals surface area contributed by atoms with Gasteiger partial charge in [0.2, 0.25) is 0 Å². The van der Waals surface area contributed by atoms with E-state index in [0.29, 0.717) is 6.04 Å². The molecule has 0 saturated heterocycles. The third-order valence-electron chi connectivity index (χ3n) is 2.75. The van der Waals surface area contributed by atoms with Crippen LogP contribution >= 0.6 is 15.9 Å². The molecule has 1 aliphatic carbocycles. The van der Waals surface area contributed by atoms with Crippen LogP contribution in [0, 0.1) is 0 Å². The Bertz CT molecular complexity index is 346. The van der Waals surface area contributed by atoms with Crippen molar-refractivity contribution in [1.29, 1.82) is 0 Å². The van der Waals surface area contributed by atoms with Crippen LogP contribution in [0.4, 0.5) is 0 Å². The maximum absolute atomic E-state index is 3.59. The topological polar surface area (TPSA) is 12.0 Å². The van der Waals surface area contributed by atoms with Gasteiger partial charge in [-0.15, -0.1) is 0 Å². The fourth-order valence-electron chi connectivity index (χ4n) is 1.89. The third kappa shape index (κ3) is 3.47. The van der Waals surface area contributed by atoms with Crippen molar-refractivity contribution in [3.63, 3.8) is 0 Å². The minimum atomic E-state index is 0.661. The van der Waals surface area contributed by atoms with Crippen molar-refractivity contribution >= 4 is 15.9 Å². The van der Waals surface area contributed by atoms with E-state index in [4.69, 9.17) is 0 Å². The molecule has 80 valence electrons. The zero-order valence-electron chi connectivity index (χ0n) is 8.75. The molecule has 2 rings (SSSR count). The second-order valence-corrected chi connectivity index (χ2v) is 4.91. The molecule has 0 bridgehead atoms. The highest BCUT2D eigenvalue weighted by molar-refractivity contribution is 9.10. The molecule has 1 unspecified atom stereocenters. The molecule has 0 aliphatic heterocycles. The summed E-state index contributed by atoms with van der Waals surface area (Å²) in [5.41, 5.74) is 1.35. The number of benzene rings is 1. The first-order chi connectivity index (χ1) is 7.34. The van der Waals surface area contributed by atoms with Crippen LogP contribution in [0.25, 0.3) is 0 Å². The van der Waals surface area contributed by atoms with Gasteiger partial charge < -0.3 is 5.32 Å². The molecule has 0 saturated carbocycles. The molecular formula is C13H16BrN. The zero-order chi connectivity index (χ0) is 10.5. The number of rotatable bonds is 3. The standard InChI is InChI=1S/C13H16BrN/c14-12-6-4-5-11(9-12)10-15-13-7-2-1-3-8-13/h1-2,4-6,9,13,15H,3,7-8,10H2. The Kier molecular flexibility index (Phi) is 3.98. The number of halogens is 1. The number of nitrogens with one attached hydrogen (secondary N) is 1. The Labute approximate surface area is 99.7 Å². The van der Waals surface area contributed by atoms with Gasteiger partial charge in [-0.2, -0.15) is 0 Å². The van der Waals surface area contributed by atoms with Crippen molar-refractivity contribution in [2.24, 2.45) is 0 Å². The lowest BCUT2D eigenvalue weighted by Gasteiger charge is -2.19. The van der Waals surface area contributed by atoms with Crippen LogP contribution in [0.15, 0.2) is 40.9 Å². The largest absolute Gasteiger partial charge is 0.310 e. The van der Waals surface area contributed by atoms with Crippen molar-refractivity contribution in [1.82, 2.24) is 5.32 Å². The molecule has 0 aromatic heterocycles. The Morgan fingerprint density at radius 1 is 1.33 bits per heavy atom. The minimum Gasteiger partial charge on any atom is -0.310 e. The first-order valence-corrected chi connectivity index (χ1v) is 6.27. The molecule has 1 atom stereocenters. The lowest BCUT2D eigenvalue weighted by Crippen LogP contribution is -2.29. The highest BCUT2D eigenvalue weighted by Gasteiger charge is 2.08. The summed E-state index contributed by atoms with van der Waals surface area (Å²) in [5, 5.41) is 3.59. The summed E-state index contributed by atoms with van der Waals surface area (Å²) in [6, 6.07) is 9.14.